The van der Waals surface area contributed by atoms with Crippen LogP contribution in [0.5, 0.6) is 0 Å². The SMILES string of the molecule is CCCn1ccnc1C(O)c1nccc2ccccc12. The number of rotatable bonds is 4. The molecule has 0 amide bonds. The molecule has 0 aliphatic carbocycles. The Morgan fingerprint density at radius 2 is 2.00 bits per heavy atom. The average molecular weight is 267 g/mol. The second-order valence-electron chi connectivity index (χ2n) is 4.80. The summed E-state index contributed by atoms with van der Waals surface area (Å²) in [6.45, 7) is 2.95. The van der Waals surface area contributed by atoms with Gasteiger partial charge in [-0.25, -0.2) is 4.98 Å². The largest absolute Gasteiger partial charge is 0.379 e. The summed E-state index contributed by atoms with van der Waals surface area (Å²) in [4.78, 5) is 8.65. The van der Waals surface area contributed by atoms with Gasteiger partial charge in [0.15, 0.2) is 6.10 Å². The van der Waals surface area contributed by atoms with E-state index >= 15 is 0 Å². The highest BCUT2D eigenvalue weighted by Gasteiger charge is 2.19. The Bertz CT molecular complexity index is 715. The van der Waals surface area contributed by atoms with Crippen LogP contribution in [0.4, 0.5) is 0 Å². The van der Waals surface area contributed by atoms with Crippen molar-refractivity contribution in [1.29, 1.82) is 0 Å². The molecule has 4 heteroatoms. The van der Waals surface area contributed by atoms with Crippen LogP contribution in [0, 0.1) is 0 Å². The Morgan fingerprint density at radius 3 is 2.85 bits per heavy atom. The van der Waals surface area contributed by atoms with Crippen molar-refractivity contribution in [1.82, 2.24) is 14.5 Å². The molecule has 3 rings (SSSR count). The lowest BCUT2D eigenvalue weighted by atomic mass is 10.1. The van der Waals surface area contributed by atoms with Crippen LogP contribution >= 0.6 is 0 Å². The van der Waals surface area contributed by atoms with E-state index in [9.17, 15) is 5.11 Å². The predicted octanol–water partition coefficient (Wildman–Crippen LogP) is 2.92. The number of hydrogen-bond donors (Lipinski definition) is 1. The number of aliphatic hydroxyl groups excluding tert-OH is 1. The average Bonchev–Trinajstić information content (AvgIpc) is 2.94. The van der Waals surface area contributed by atoms with Crippen molar-refractivity contribution in [2.45, 2.75) is 26.0 Å². The van der Waals surface area contributed by atoms with Crippen LogP contribution in [0.15, 0.2) is 48.9 Å². The molecule has 0 fully saturated rings. The molecule has 4 nitrogen and oxygen atoms in total. The van der Waals surface area contributed by atoms with Crippen molar-refractivity contribution < 1.29 is 5.11 Å². The van der Waals surface area contributed by atoms with Gasteiger partial charge in [-0.15, -0.1) is 0 Å². The number of benzene rings is 1. The Kier molecular flexibility index (Phi) is 3.48. The predicted molar refractivity (Wildman–Crippen MR) is 78.3 cm³/mol. The van der Waals surface area contributed by atoms with E-state index in [1.54, 1.807) is 12.4 Å². The molecule has 1 aromatic carbocycles. The van der Waals surface area contributed by atoms with Gasteiger partial charge in [0.25, 0.3) is 0 Å². The lowest BCUT2D eigenvalue weighted by Gasteiger charge is -2.14. The summed E-state index contributed by atoms with van der Waals surface area (Å²) in [5.74, 6) is 0.649. The summed E-state index contributed by atoms with van der Waals surface area (Å²) in [7, 11) is 0. The van der Waals surface area contributed by atoms with E-state index in [0.717, 1.165) is 23.7 Å². The van der Waals surface area contributed by atoms with E-state index in [-0.39, 0.29) is 0 Å². The maximum atomic E-state index is 10.6. The van der Waals surface area contributed by atoms with Gasteiger partial charge in [-0.2, -0.15) is 0 Å². The van der Waals surface area contributed by atoms with E-state index in [1.807, 2.05) is 41.1 Å². The quantitative estimate of drug-likeness (QED) is 0.790. The monoisotopic (exact) mass is 267 g/mol. The minimum absolute atomic E-state index is 0.649. The molecule has 1 unspecified atom stereocenters. The van der Waals surface area contributed by atoms with Gasteiger partial charge < -0.3 is 9.67 Å². The third-order valence-corrected chi connectivity index (χ3v) is 3.42. The number of pyridine rings is 1. The summed E-state index contributed by atoms with van der Waals surface area (Å²) < 4.78 is 1.98. The first kappa shape index (κ1) is 12.8. The highest BCUT2D eigenvalue weighted by Crippen LogP contribution is 2.26. The highest BCUT2D eigenvalue weighted by atomic mass is 16.3. The second kappa shape index (κ2) is 5.43. The maximum absolute atomic E-state index is 10.6. The molecule has 2 aromatic heterocycles. The number of fused-ring (bicyclic) bond motifs is 1. The molecule has 20 heavy (non-hydrogen) atoms. The van der Waals surface area contributed by atoms with Crippen LogP contribution in [-0.4, -0.2) is 19.6 Å². The highest BCUT2D eigenvalue weighted by molar-refractivity contribution is 5.84. The molecule has 0 spiro atoms. The van der Waals surface area contributed by atoms with E-state index in [4.69, 9.17) is 0 Å². The molecule has 0 bridgehead atoms. The summed E-state index contributed by atoms with van der Waals surface area (Å²) >= 11 is 0. The lowest BCUT2D eigenvalue weighted by Crippen LogP contribution is -2.11. The van der Waals surface area contributed by atoms with Crippen molar-refractivity contribution in [3.63, 3.8) is 0 Å². The van der Waals surface area contributed by atoms with Gasteiger partial charge in [0.05, 0.1) is 5.69 Å². The molecule has 3 aromatic rings. The van der Waals surface area contributed by atoms with E-state index in [1.165, 1.54) is 0 Å². The van der Waals surface area contributed by atoms with Crippen LogP contribution in [-0.2, 0) is 6.54 Å². The van der Waals surface area contributed by atoms with Gasteiger partial charge >= 0.3 is 0 Å². The second-order valence-corrected chi connectivity index (χ2v) is 4.80. The first-order chi connectivity index (χ1) is 9.81. The standard InChI is InChI=1S/C16H17N3O/c1-2-10-19-11-9-18-16(19)15(20)14-13-6-4-3-5-12(13)7-8-17-14/h3-9,11,15,20H,2,10H2,1H3. The first-order valence-electron chi connectivity index (χ1n) is 6.84. The number of imidazole rings is 1. The van der Waals surface area contributed by atoms with Crippen molar-refractivity contribution in [3.05, 3.63) is 60.4 Å². The lowest BCUT2D eigenvalue weighted by molar-refractivity contribution is 0.201. The van der Waals surface area contributed by atoms with E-state index in [2.05, 4.69) is 16.9 Å². The zero-order chi connectivity index (χ0) is 13.9. The number of aryl methyl sites for hydroxylation is 1. The summed E-state index contributed by atoms with van der Waals surface area (Å²) in [6.07, 6.45) is 5.54. The Hall–Kier alpha value is -2.20. The minimum Gasteiger partial charge on any atom is -0.379 e. The van der Waals surface area contributed by atoms with Crippen LogP contribution in [0.3, 0.4) is 0 Å². The molecule has 102 valence electrons. The zero-order valence-corrected chi connectivity index (χ0v) is 11.4. The fourth-order valence-corrected chi connectivity index (χ4v) is 2.48. The number of aliphatic hydroxyl groups is 1. The molecule has 0 saturated carbocycles. The van der Waals surface area contributed by atoms with Gasteiger partial charge in [-0.1, -0.05) is 31.2 Å². The Labute approximate surface area is 117 Å². The van der Waals surface area contributed by atoms with Gasteiger partial charge in [0.2, 0.25) is 0 Å². The van der Waals surface area contributed by atoms with Crippen molar-refractivity contribution in [3.8, 4) is 0 Å². The summed E-state index contributed by atoms with van der Waals surface area (Å²) in [6, 6.07) is 9.89. The molecule has 0 radical (unpaired) electrons. The fourth-order valence-electron chi connectivity index (χ4n) is 2.48. The fraction of sp³-hybridized carbons (Fsp3) is 0.250. The van der Waals surface area contributed by atoms with Gasteiger partial charge in [-0.05, 0) is 17.9 Å². The third kappa shape index (κ3) is 2.18. The van der Waals surface area contributed by atoms with Gasteiger partial charge in [-0.3, -0.25) is 4.98 Å². The normalized spacial score (nSPS) is 12.7. The topological polar surface area (TPSA) is 50.9 Å². The maximum Gasteiger partial charge on any atom is 0.154 e. The smallest absolute Gasteiger partial charge is 0.154 e. The Balaban J connectivity index is 2.08. The summed E-state index contributed by atoms with van der Waals surface area (Å²) in [5, 5.41) is 12.7. The minimum atomic E-state index is -0.803. The van der Waals surface area contributed by atoms with Crippen LogP contribution < -0.4 is 0 Å². The van der Waals surface area contributed by atoms with Crippen LogP contribution in [0.1, 0.15) is 31.0 Å². The summed E-state index contributed by atoms with van der Waals surface area (Å²) in [5.41, 5.74) is 0.659. The van der Waals surface area contributed by atoms with Crippen LogP contribution in [0.2, 0.25) is 0 Å². The van der Waals surface area contributed by atoms with Gasteiger partial charge in [0, 0.05) is 30.5 Å². The molecule has 1 atom stereocenters. The molecule has 0 saturated heterocycles. The molecule has 1 N–H and O–H groups in total. The van der Waals surface area contributed by atoms with Gasteiger partial charge in [0.1, 0.15) is 5.82 Å². The van der Waals surface area contributed by atoms with Crippen LogP contribution in [0.25, 0.3) is 10.8 Å². The van der Waals surface area contributed by atoms with Crippen molar-refractivity contribution in [2.24, 2.45) is 0 Å². The number of nitrogens with zero attached hydrogens (tertiary/aromatic N) is 3. The van der Waals surface area contributed by atoms with Crippen molar-refractivity contribution >= 4 is 10.8 Å². The number of hydrogen-bond acceptors (Lipinski definition) is 3. The molecular formula is C16H17N3O. The Morgan fingerprint density at radius 1 is 1.15 bits per heavy atom. The number of aromatic nitrogens is 3. The molecule has 0 aliphatic rings. The first-order valence-corrected chi connectivity index (χ1v) is 6.84. The van der Waals surface area contributed by atoms with E-state index in [0.29, 0.717) is 11.5 Å². The van der Waals surface area contributed by atoms with Crippen molar-refractivity contribution in [2.75, 3.05) is 0 Å². The zero-order valence-electron chi connectivity index (χ0n) is 11.4. The molecular weight excluding hydrogens is 250 g/mol. The third-order valence-electron chi connectivity index (χ3n) is 3.42. The van der Waals surface area contributed by atoms with E-state index < -0.39 is 6.10 Å². The molecule has 2 heterocycles. The molecule has 0 aliphatic heterocycles.